The quantitative estimate of drug-likeness (QED) is 0.668. The molecule has 1 aliphatic heterocycles. The van der Waals surface area contributed by atoms with Gasteiger partial charge in [-0.1, -0.05) is 13.0 Å². The molecule has 1 aromatic rings. The number of nitrogens with one attached hydrogen (secondary N) is 1. The maximum atomic E-state index is 13.7. The lowest BCUT2D eigenvalue weighted by molar-refractivity contribution is -0.384. The molecular formula is C13H16FN3O3. The molecule has 20 heavy (non-hydrogen) atoms. The molecule has 1 fully saturated rings. The van der Waals surface area contributed by atoms with Crippen LogP contribution >= 0.6 is 0 Å². The summed E-state index contributed by atoms with van der Waals surface area (Å²) in [7, 11) is 0. The van der Waals surface area contributed by atoms with Crippen LogP contribution in [-0.2, 0) is 0 Å². The van der Waals surface area contributed by atoms with Gasteiger partial charge in [-0.2, -0.15) is 0 Å². The molecule has 1 heterocycles. The Morgan fingerprint density at radius 1 is 1.55 bits per heavy atom. The number of hydrogen-bond acceptors (Lipinski definition) is 3. The number of benzene rings is 1. The van der Waals surface area contributed by atoms with Crippen molar-refractivity contribution in [2.24, 2.45) is 5.92 Å². The third-order valence-electron chi connectivity index (χ3n) is 3.36. The number of rotatable bonds is 2. The van der Waals surface area contributed by atoms with Gasteiger partial charge in [0, 0.05) is 19.2 Å². The number of likely N-dealkylation sites (tertiary alicyclic amines) is 1. The number of hydrogen-bond donors (Lipinski definition) is 1. The van der Waals surface area contributed by atoms with Gasteiger partial charge >= 0.3 is 6.03 Å². The first kappa shape index (κ1) is 14.2. The first-order chi connectivity index (χ1) is 9.49. The standard InChI is InChI=1S/C13H16FN3O3/c1-9-4-3-7-16(8-9)13(18)15-12-10(14)5-2-6-11(12)17(19)20/h2,5-6,9H,3-4,7-8H2,1H3,(H,15,18). The lowest BCUT2D eigenvalue weighted by atomic mass is 10.0. The van der Waals surface area contributed by atoms with Gasteiger partial charge in [-0.3, -0.25) is 15.4 Å². The van der Waals surface area contributed by atoms with E-state index in [4.69, 9.17) is 0 Å². The molecule has 1 unspecified atom stereocenters. The zero-order valence-electron chi connectivity index (χ0n) is 11.1. The van der Waals surface area contributed by atoms with Crippen LogP contribution in [0.1, 0.15) is 19.8 Å². The van der Waals surface area contributed by atoms with E-state index in [1.165, 1.54) is 6.07 Å². The van der Waals surface area contributed by atoms with E-state index in [9.17, 15) is 19.3 Å². The Morgan fingerprint density at radius 2 is 2.30 bits per heavy atom. The molecule has 6 nitrogen and oxygen atoms in total. The van der Waals surface area contributed by atoms with Gasteiger partial charge in [0.05, 0.1) is 4.92 Å². The van der Waals surface area contributed by atoms with Crippen LogP contribution in [0.25, 0.3) is 0 Å². The van der Waals surface area contributed by atoms with Crippen molar-refractivity contribution in [2.45, 2.75) is 19.8 Å². The first-order valence-electron chi connectivity index (χ1n) is 6.48. The number of nitro benzene ring substituents is 1. The Kier molecular flexibility index (Phi) is 4.16. The van der Waals surface area contributed by atoms with Crippen LogP contribution in [0.3, 0.4) is 0 Å². The summed E-state index contributed by atoms with van der Waals surface area (Å²) in [6, 6.07) is 3.00. The summed E-state index contributed by atoms with van der Waals surface area (Å²) < 4.78 is 13.7. The fraction of sp³-hybridized carbons (Fsp3) is 0.462. The fourth-order valence-electron chi connectivity index (χ4n) is 2.35. The van der Waals surface area contributed by atoms with Gasteiger partial charge in [0.25, 0.3) is 5.69 Å². The number of amides is 2. The highest BCUT2D eigenvalue weighted by atomic mass is 19.1. The molecule has 0 aliphatic carbocycles. The maximum Gasteiger partial charge on any atom is 0.322 e. The predicted octanol–water partition coefficient (Wildman–Crippen LogP) is 3.00. The summed E-state index contributed by atoms with van der Waals surface area (Å²) in [5.41, 5.74) is -0.816. The number of halogens is 1. The van der Waals surface area contributed by atoms with Gasteiger partial charge < -0.3 is 4.90 Å². The van der Waals surface area contributed by atoms with Crippen LogP contribution in [0, 0.1) is 21.8 Å². The molecule has 0 spiro atoms. The van der Waals surface area contributed by atoms with Crippen LogP contribution in [0.15, 0.2) is 18.2 Å². The van der Waals surface area contributed by atoms with Crippen LogP contribution in [-0.4, -0.2) is 28.9 Å². The van der Waals surface area contributed by atoms with Gasteiger partial charge in [-0.05, 0) is 24.8 Å². The van der Waals surface area contributed by atoms with Gasteiger partial charge in [0.2, 0.25) is 0 Å². The van der Waals surface area contributed by atoms with Gasteiger partial charge in [0.1, 0.15) is 0 Å². The van der Waals surface area contributed by atoms with Crippen LogP contribution in [0.5, 0.6) is 0 Å². The molecule has 108 valence electrons. The van der Waals surface area contributed by atoms with E-state index in [1.807, 2.05) is 6.92 Å². The molecule has 0 aromatic heterocycles. The SMILES string of the molecule is CC1CCCN(C(=O)Nc2c(F)cccc2[N+](=O)[O-])C1. The molecule has 2 rings (SSSR count). The monoisotopic (exact) mass is 281 g/mol. The second kappa shape index (κ2) is 5.85. The van der Waals surface area contributed by atoms with Crippen molar-refractivity contribution in [3.8, 4) is 0 Å². The smallest absolute Gasteiger partial charge is 0.322 e. The predicted molar refractivity (Wildman–Crippen MR) is 72.0 cm³/mol. The summed E-state index contributed by atoms with van der Waals surface area (Å²) in [6.45, 7) is 3.19. The summed E-state index contributed by atoms with van der Waals surface area (Å²) in [5, 5.41) is 13.2. The molecule has 2 amide bonds. The van der Waals surface area contributed by atoms with E-state index >= 15 is 0 Å². The summed E-state index contributed by atoms with van der Waals surface area (Å²) in [4.78, 5) is 23.8. The maximum absolute atomic E-state index is 13.7. The van der Waals surface area contributed by atoms with Crippen molar-refractivity contribution in [1.82, 2.24) is 4.90 Å². The van der Waals surface area contributed by atoms with Crippen molar-refractivity contribution in [3.05, 3.63) is 34.1 Å². The number of para-hydroxylation sites is 1. The Hall–Kier alpha value is -2.18. The number of nitro groups is 1. The van der Waals surface area contributed by atoms with E-state index in [2.05, 4.69) is 5.32 Å². The molecule has 0 radical (unpaired) electrons. The topological polar surface area (TPSA) is 75.5 Å². The van der Waals surface area contributed by atoms with Gasteiger partial charge in [0.15, 0.2) is 11.5 Å². The minimum Gasteiger partial charge on any atom is -0.324 e. The average molecular weight is 281 g/mol. The molecule has 1 N–H and O–H groups in total. The summed E-state index contributed by atoms with van der Waals surface area (Å²) >= 11 is 0. The molecule has 1 aliphatic rings. The highest BCUT2D eigenvalue weighted by Crippen LogP contribution is 2.27. The molecule has 1 saturated heterocycles. The second-order valence-electron chi connectivity index (χ2n) is 5.01. The molecule has 1 aromatic carbocycles. The molecule has 7 heteroatoms. The lowest BCUT2D eigenvalue weighted by Gasteiger charge is -2.30. The van der Waals surface area contributed by atoms with E-state index in [-0.39, 0.29) is 5.69 Å². The Bertz CT molecular complexity index is 536. The zero-order valence-corrected chi connectivity index (χ0v) is 11.1. The number of piperidine rings is 1. The number of urea groups is 1. The highest BCUT2D eigenvalue weighted by molar-refractivity contribution is 5.92. The molecular weight excluding hydrogens is 265 g/mol. The van der Waals surface area contributed by atoms with E-state index in [0.717, 1.165) is 25.0 Å². The fourth-order valence-corrected chi connectivity index (χ4v) is 2.35. The molecule has 0 bridgehead atoms. The third kappa shape index (κ3) is 3.04. The van der Waals surface area contributed by atoms with Crippen molar-refractivity contribution in [1.29, 1.82) is 0 Å². The van der Waals surface area contributed by atoms with Crippen molar-refractivity contribution in [2.75, 3.05) is 18.4 Å². The Balaban J connectivity index is 2.17. The van der Waals surface area contributed by atoms with E-state index in [0.29, 0.717) is 19.0 Å². The minimum absolute atomic E-state index is 0.374. The summed E-state index contributed by atoms with van der Waals surface area (Å²) in [5.74, 6) is -0.428. The largest absolute Gasteiger partial charge is 0.324 e. The second-order valence-corrected chi connectivity index (χ2v) is 5.01. The van der Waals surface area contributed by atoms with Crippen molar-refractivity contribution < 1.29 is 14.1 Å². The van der Waals surface area contributed by atoms with Gasteiger partial charge in [-0.25, -0.2) is 9.18 Å². The Labute approximate surface area is 115 Å². The number of anilines is 1. The third-order valence-corrected chi connectivity index (χ3v) is 3.36. The van der Waals surface area contributed by atoms with E-state index < -0.39 is 22.5 Å². The summed E-state index contributed by atoms with van der Waals surface area (Å²) in [6.07, 6.45) is 1.93. The molecule has 1 atom stereocenters. The highest BCUT2D eigenvalue weighted by Gasteiger charge is 2.25. The van der Waals surface area contributed by atoms with Crippen LogP contribution in [0.4, 0.5) is 20.6 Å². The first-order valence-corrected chi connectivity index (χ1v) is 6.48. The normalized spacial score (nSPS) is 18.7. The average Bonchev–Trinajstić information content (AvgIpc) is 2.40. The number of carbonyl (C=O) groups excluding carboxylic acids is 1. The minimum atomic E-state index is -0.808. The number of nitrogens with zero attached hydrogens (tertiary/aromatic N) is 2. The molecule has 0 saturated carbocycles. The lowest BCUT2D eigenvalue weighted by Crippen LogP contribution is -2.41. The van der Waals surface area contributed by atoms with Crippen LogP contribution < -0.4 is 5.32 Å². The van der Waals surface area contributed by atoms with Gasteiger partial charge in [-0.15, -0.1) is 0 Å². The van der Waals surface area contributed by atoms with E-state index in [1.54, 1.807) is 4.90 Å². The van der Waals surface area contributed by atoms with Crippen molar-refractivity contribution >= 4 is 17.4 Å². The Morgan fingerprint density at radius 3 is 2.95 bits per heavy atom. The number of carbonyl (C=O) groups is 1. The van der Waals surface area contributed by atoms with Crippen LogP contribution in [0.2, 0.25) is 0 Å². The van der Waals surface area contributed by atoms with Crippen molar-refractivity contribution in [3.63, 3.8) is 0 Å². The zero-order chi connectivity index (χ0) is 14.7.